The molecular formula is C17H9Br4ClO5. The molecule has 1 aliphatic rings. The highest BCUT2D eigenvalue weighted by Gasteiger charge is 2.47. The molecule has 2 aromatic carbocycles. The highest BCUT2D eigenvalue weighted by Crippen LogP contribution is 2.46. The fourth-order valence-corrected chi connectivity index (χ4v) is 5.47. The molecule has 3 rings (SSSR count). The molecule has 1 aliphatic heterocycles. The summed E-state index contributed by atoms with van der Waals surface area (Å²) >= 11 is 19.0. The molecule has 0 radical (unpaired) electrons. The second-order valence-electron chi connectivity index (χ2n) is 5.74. The normalized spacial score (nSPS) is 19.6. The molecule has 0 bridgehead atoms. The Morgan fingerprint density at radius 1 is 0.926 bits per heavy atom. The summed E-state index contributed by atoms with van der Waals surface area (Å²) in [6.07, 6.45) is -0.113. The van der Waals surface area contributed by atoms with E-state index in [0.717, 1.165) is 0 Å². The van der Waals surface area contributed by atoms with Gasteiger partial charge >= 0.3 is 5.97 Å². The first-order valence-electron chi connectivity index (χ1n) is 7.24. The summed E-state index contributed by atoms with van der Waals surface area (Å²) in [7, 11) is 0. The molecule has 0 fully saturated rings. The highest BCUT2D eigenvalue weighted by atomic mass is 79.9. The van der Waals surface area contributed by atoms with Crippen molar-refractivity contribution in [1.29, 1.82) is 0 Å². The molecule has 0 amide bonds. The molecular weight excluding hydrogens is 639 g/mol. The van der Waals surface area contributed by atoms with Gasteiger partial charge in [-0.15, -0.1) is 0 Å². The lowest BCUT2D eigenvalue weighted by atomic mass is 9.93. The summed E-state index contributed by atoms with van der Waals surface area (Å²) in [5.41, 5.74) is 1.04. The first-order valence-corrected chi connectivity index (χ1v) is 10.8. The van der Waals surface area contributed by atoms with E-state index in [2.05, 4.69) is 63.7 Å². The number of esters is 1. The molecule has 1 unspecified atom stereocenters. The van der Waals surface area contributed by atoms with E-state index in [1.165, 1.54) is 12.1 Å². The number of hydrogen-bond acceptors (Lipinski definition) is 5. The maximum absolute atomic E-state index is 12.1. The molecule has 27 heavy (non-hydrogen) atoms. The van der Waals surface area contributed by atoms with Gasteiger partial charge in [-0.05, 0) is 99.1 Å². The summed E-state index contributed by atoms with van der Waals surface area (Å²) in [6.45, 7) is 0. The van der Waals surface area contributed by atoms with Crippen molar-refractivity contribution in [2.75, 3.05) is 0 Å². The van der Waals surface area contributed by atoms with Crippen LogP contribution in [0.15, 0.2) is 47.2 Å². The Hall–Kier alpha value is -0.580. The van der Waals surface area contributed by atoms with Crippen molar-refractivity contribution in [2.24, 2.45) is 0 Å². The fourth-order valence-electron chi connectivity index (χ4n) is 2.71. The van der Waals surface area contributed by atoms with Crippen molar-refractivity contribution >= 4 is 86.9 Å². The Kier molecular flexibility index (Phi) is 6.01. The van der Waals surface area contributed by atoms with Crippen LogP contribution < -0.4 is 0 Å². The number of aliphatic hydroxyl groups is 1. The van der Waals surface area contributed by atoms with Crippen LogP contribution in [0.4, 0.5) is 0 Å². The largest absolute Gasteiger partial charge is 0.506 e. The third-order valence-electron chi connectivity index (χ3n) is 3.88. The minimum atomic E-state index is -2.03. The number of benzene rings is 2. The summed E-state index contributed by atoms with van der Waals surface area (Å²) in [4.78, 5) is 12.1. The number of phenols is 2. The molecule has 0 aromatic heterocycles. The van der Waals surface area contributed by atoms with E-state index < -0.39 is 11.8 Å². The van der Waals surface area contributed by atoms with E-state index in [-0.39, 0.29) is 28.5 Å². The Bertz CT molecular complexity index is 961. The molecule has 1 heterocycles. The lowest BCUT2D eigenvalue weighted by Gasteiger charge is -2.26. The van der Waals surface area contributed by atoms with Gasteiger partial charge in [-0.3, -0.25) is 0 Å². The second-order valence-corrected chi connectivity index (χ2v) is 9.53. The molecule has 3 N–H and O–H groups in total. The predicted octanol–water partition coefficient (Wildman–Crippen LogP) is 5.59. The van der Waals surface area contributed by atoms with Gasteiger partial charge in [-0.1, -0.05) is 11.6 Å². The number of cyclic esters (lactones) is 1. The van der Waals surface area contributed by atoms with Crippen molar-refractivity contribution in [1.82, 2.24) is 0 Å². The summed E-state index contributed by atoms with van der Waals surface area (Å²) in [5, 5.41) is 30.6. The van der Waals surface area contributed by atoms with Crippen molar-refractivity contribution in [2.45, 2.75) is 12.2 Å². The fraction of sp³-hybridized carbons (Fsp3) is 0.118. The van der Waals surface area contributed by atoms with Crippen LogP contribution in [-0.4, -0.2) is 27.1 Å². The second kappa shape index (κ2) is 7.68. The molecule has 10 heteroatoms. The first-order chi connectivity index (χ1) is 12.5. The van der Waals surface area contributed by atoms with Gasteiger partial charge in [0.05, 0.1) is 23.5 Å². The van der Waals surface area contributed by atoms with Crippen molar-refractivity contribution in [3.05, 3.63) is 58.3 Å². The zero-order valence-electron chi connectivity index (χ0n) is 13.1. The third kappa shape index (κ3) is 3.95. The average molecular weight is 648 g/mol. The zero-order valence-corrected chi connectivity index (χ0v) is 20.2. The van der Waals surface area contributed by atoms with Gasteiger partial charge in [0.1, 0.15) is 16.5 Å². The van der Waals surface area contributed by atoms with Crippen molar-refractivity contribution < 1.29 is 24.9 Å². The van der Waals surface area contributed by atoms with Gasteiger partial charge in [0.2, 0.25) is 5.79 Å². The van der Waals surface area contributed by atoms with E-state index in [1.54, 1.807) is 12.1 Å². The molecule has 0 saturated carbocycles. The highest BCUT2D eigenvalue weighted by molar-refractivity contribution is 9.11. The quantitative estimate of drug-likeness (QED) is 0.379. The SMILES string of the molecule is O=C1OC(O)(Cc2cc(Br)c(O)c(Br)c2)C(c2cc(Br)c(O)c(Br)c2)=C1Cl. The van der Waals surface area contributed by atoms with E-state index in [1.807, 2.05) is 0 Å². The standard InChI is InChI=1S/C17H9Br4ClO5/c18-8-1-6(2-9(19)14(8)23)5-17(26)12(13(22)16(25)27-17)7-3-10(20)15(24)11(21)4-7/h1-4,23-24,26H,5H2. The topological polar surface area (TPSA) is 87.0 Å². The Morgan fingerprint density at radius 3 is 1.85 bits per heavy atom. The Labute approximate surface area is 192 Å². The van der Waals surface area contributed by atoms with Crippen LogP contribution in [0.1, 0.15) is 11.1 Å². The number of rotatable bonds is 3. The zero-order chi connectivity index (χ0) is 20.1. The van der Waals surface area contributed by atoms with E-state index in [9.17, 15) is 20.1 Å². The van der Waals surface area contributed by atoms with E-state index in [0.29, 0.717) is 29.0 Å². The molecule has 0 spiro atoms. The maximum Gasteiger partial charge on any atom is 0.353 e. The molecule has 5 nitrogen and oxygen atoms in total. The number of carbonyl (C=O) groups excluding carboxylic acids is 1. The van der Waals surface area contributed by atoms with Gasteiger partial charge in [0.15, 0.2) is 0 Å². The molecule has 0 aliphatic carbocycles. The van der Waals surface area contributed by atoms with Gasteiger partial charge in [0, 0.05) is 6.42 Å². The van der Waals surface area contributed by atoms with E-state index >= 15 is 0 Å². The van der Waals surface area contributed by atoms with E-state index in [4.69, 9.17) is 16.3 Å². The lowest BCUT2D eigenvalue weighted by Crippen LogP contribution is -2.33. The number of phenolic OH excluding ortho intramolecular Hbond substituents is 2. The van der Waals surface area contributed by atoms with Gasteiger partial charge < -0.3 is 20.1 Å². The Balaban J connectivity index is 2.10. The van der Waals surface area contributed by atoms with Crippen LogP contribution in [0, 0.1) is 0 Å². The average Bonchev–Trinajstić information content (AvgIpc) is 2.78. The van der Waals surface area contributed by atoms with Gasteiger partial charge in [-0.2, -0.15) is 0 Å². The monoisotopic (exact) mass is 644 g/mol. The van der Waals surface area contributed by atoms with Crippen LogP contribution in [0.5, 0.6) is 11.5 Å². The maximum atomic E-state index is 12.1. The van der Waals surface area contributed by atoms with Crippen LogP contribution in [0.3, 0.4) is 0 Å². The predicted molar refractivity (Wildman–Crippen MR) is 115 cm³/mol. The van der Waals surface area contributed by atoms with Crippen molar-refractivity contribution in [3.8, 4) is 11.5 Å². The minimum absolute atomic E-state index is 0.00866. The van der Waals surface area contributed by atoms with Crippen LogP contribution in [0.25, 0.3) is 5.57 Å². The minimum Gasteiger partial charge on any atom is -0.506 e. The van der Waals surface area contributed by atoms with Crippen LogP contribution in [-0.2, 0) is 16.0 Å². The molecule has 2 aromatic rings. The van der Waals surface area contributed by atoms with Crippen LogP contribution in [0.2, 0.25) is 0 Å². The summed E-state index contributed by atoms with van der Waals surface area (Å²) < 4.78 is 6.69. The molecule has 0 saturated heterocycles. The number of ether oxygens (including phenoxy) is 1. The Morgan fingerprint density at radius 2 is 1.37 bits per heavy atom. The number of aromatic hydroxyl groups is 2. The number of carbonyl (C=O) groups is 1. The van der Waals surface area contributed by atoms with Gasteiger partial charge in [-0.25, -0.2) is 4.79 Å². The molecule has 1 atom stereocenters. The van der Waals surface area contributed by atoms with Gasteiger partial charge in [0.25, 0.3) is 0 Å². The smallest absolute Gasteiger partial charge is 0.353 e. The van der Waals surface area contributed by atoms with Crippen LogP contribution >= 0.6 is 75.3 Å². The molecule has 142 valence electrons. The first kappa shape index (κ1) is 21.1. The lowest BCUT2D eigenvalue weighted by molar-refractivity contribution is -0.174. The summed E-state index contributed by atoms with van der Waals surface area (Å²) in [6, 6.07) is 6.23. The summed E-state index contributed by atoms with van der Waals surface area (Å²) in [5.74, 6) is -2.91. The number of halogens is 5. The number of hydrogen-bond donors (Lipinski definition) is 3. The third-order valence-corrected chi connectivity index (χ3v) is 6.64. The van der Waals surface area contributed by atoms with Crippen molar-refractivity contribution in [3.63, 3.8) is 0 Å².